The smallest absolute Gasteiger partial charge is 0.229 e. The van der Waals surface area contributed by atoms with Crippen LogP contribution in [0.15, 0.2) is 24.3 Å². The van der Waals surface area contributed by atoms with Crippen LogP contribution in [0.1, 0.15) is 12.8 Å². The molecule has 1 aliphatic carbocycles. The van der Waals surface area contributed by atoms with Gasteiger partial charge in [0.2, 0.25) is 5.91 Å². The average Bonchev–Trinajstić information content (AvgIpc) is 3.16. The van der Waals surface area contributed by atoms with Gasteiger partial charge in [0.05, 0.1) is 0 Å². The number of carbonyl (C=O) groups is 1. The zero-order valence-electron chi connectivity index (χ0n) is 10.0. The summed E-state index contributed by atoms with van der Waals surface area (Å²) in [4.78, 5) is 16.1. The van der Waals surface area contributed by atoms with E-state index >= 15 is 0 Å². The number of anilines is 2. The summed E-state index contributed by atoms with van der Waals surface area (Å²) in [5.41, 5.74) is 7.53. The molecule has 2 aromatic rings. The highest BCUT2D eigenvalue weighted by molar-refractivity contribution is 7.20. The minimum Gasteiger partial charge on any atom is -0.389 e. The van der Waals surface area contributed by atoms with E-state index in [1.165, 1.54) is 11.3 Å². The lowest BCUT2D eigenvalue weighted by Crippen LogP contribution is -2.12. The predicted octanol–water partition coefficient (Wildman–Crippen LogP) is 3.39. The van der Waals surface area contributed by atoms with Crippen molar-refractivity contribution < 1.29 is 4.79 Å². The molecule has 19 heavy (non-hydrogen) atoms. The van der Waals surface area contributed by atoms with E-state index in [1.54, 1.807) is 12.1 Å². The molecule has 3 rings (SSSR count). The minimum absolute atomic E-state index is 0.0383. The van der Waals surface area contributed by atoms with Gasteiger partial charge in [-0.05, 0) is 25.0 Å². The largest absolute Gasteiger partial charge is 0.389 e. The summed E-state index contributed by atoms with van der Waals surface area (Å²) < 4.78 is 0. The van der Waals surface area contributed by atoms with Crippen LogP contribution in [0, 0.1) is 5.92 Å². The van der Waals surface area contributed by atoms with Crippen molar-refractivity contribution >= 4 is 39.0 Å². The quantitative estimate of drug-likeness (QED) is 0.911. The van der Waals surface area contributed by atoms with Crippen LogP contribution < -0.4 is 11.1 Å². The third kappa shape index (κ3) is 2.72. The second-order valence-electron chi connectivity index (χ2n) is 4.50. The topological polar surface area (TPSA) is 68.0 Å². The van der Waals surface area contributed by atoms with Gasteiger partial charge in [0, 0.05) is 16.5 Å². The van der Waals surface area contributed by atoms with Crippen LogP contribution >= 0.6 is 22.9 Å². The number of aromatic nitrogens is 1. The maximum Gasteiger partial charge on any atom is 0.229 e. The molecule has 1 aliphatic rings. The standard InChI is InChI=1S/C13H12ClN3OS/c14-9-5-3-7(4-6-9)10-11(15)19-13(16-10)17-12(18)8-1-2-8/h3-6,8H,1-2,15H2,(H,16,17,18). The first-order valence-corrected chi connectivity index (χ1v) is 7.16. The average molecular weight is 294 g/mol. The van der Waals surface area contributed by atoms with Crippen LogP contribution in [0.2, 0.25) is 5.02 Å². The van der Waals surface area contributed by atoms with Gasteiger partial charge in [-0.25, -0.2) is 4.98 Å². The fraction of sp³-hybridized carbons (Fsp3) is 0.231. The van der Waals surface area contributed by atoms with Crippen LogP contribution in [-0.2, 0) is 4.79 Å². The first kappa shape index (κ1) is 12.4. The highest BCUT2D eigenvalue weighted by Crippen LogP contribution is 2.35. The van der Waals surface area contributed by atoms with E-state index in [1.807, 2.05) is 12.1 Å². The molecule has 0 aliphatic heterocycles. The molecule has 1 aromatic heterocycles. The number of nitrogen functional groups attached to an aromatic ring is 1. The summed E-state index contributed by atoms with van der Waals surface area (Å²) in [6.45, 7) is 0. The van der Waals surface area contributed by atoms with Crippen molar-refractivity contribution in [2.75, 3.05) is 11.1 Å². The lowest BCUT2D eigenvalue weighted by molar-refractivity contribution is -0.117. The summed E-state index contributed by atoms with van der Waals surface area (Å²) in [5.74, 6) is 0.195. The Balaban J connectivity index is 1.84. The maximum atomic E-state index is 11.7. The molecule has 0 spiro atoms. The maximum absolute atomic E-state index is 11.7. The number of nitrogens with zero attached hydrogens (tertiary/aromatic N) is 1. The van der Waals surface area contributed by atoms with E-state index in [-0.39, 0.29) is 11.8 Å². The Morgan fingerprint density at radius 3 is 2.68 bits per heavy atom. The molecule has 0 bridgehead atoms. The molecule has 1 fully saturated rings. The molecule has 0 radical (unpaired) electrons. The SMILES string of the molecule is Nc1sc(NC(=O)C2CC2)nc1-c1ccc(Cl)cc1. The number of thiazole rings is 1. The molecule has 0 unspecified atom stereocenters. The number of benzene rings is 1. The molecule has 98 valence electrons. The van der Waals surface area contributed by atoms with Crippen molar-refractivity contribution in [3.63, 3.8) is 0 Å². The molecule has 4 nitrogen and oxygen atoms in total. The normalized spacial score (nSPS) is 14.4. The third-order valence-corrected chi connectivity index (χ3v) is 4.00. The van der Waals surface area contributed by atoms with E-state index in [0.717, 1.165) is 18.4 Å². The van der Waals surface area contributed by atoms with Crippen molar-refractivity contribution in [2.45, 2.75) is 12.8 Å². The van der Waals surface area contributed by atoms with Crippen molar-refractivity contribution in [1.82, 2.24) is 4.98 Å². The number of halogens is 1. The predicted molar refractivity (Wildman–Crippen MR) is 78.3 cm³/mol. The number of rotatable bonds is 3. The minimum atomic E-state index is 0.0383. The lowest BCUT2D eigenvalue weighted by Gasteiger charge is -1.99. The number of carbonyl (C=O) groups excluding carboxylic acids is 1. The van der Waals surface area contributed by atoms with Crippen LogP contribution in [-0.4, -0.2) is 10.9 Å². The second kappa shape index (κ2) is 4.83. The van der Waals surface area contributed by atoms with Gasteiger partial charge in [-0.3, -0.25) is 4.79 Å². The number of hydrogen-bond acceptors (Lipinski definition) is 4. The first-order chi connectivity index (χ1) is 9.13. The Labute approximate surface area is 119 Å². The van der Waals surface area contributed by atoms with Gasteiger partial charge in [-0.15, -0.1) is 0 Å². The van der Waals surface area contributed by atoms with Crippen LogP contribution in [0.4, 0.5) is 10.1 Å². The number of nitrogens with one attached hydrogen (secondary N) is 1. The van der Waals surface area contributed by atoms with Crippen LogP contribution in [0.3, 0.4) is 0 Å². The highest BCUT2D eigenvalue weighted by atomic mass is 35.5. The van der Waals surface area contributed by atoms with Gasteiger partial charge in [0.25, 0.3) is 0 Å². The molecule has 1 amide bonds. The number of amides is 1. The molecule has 3 N–H and O–H groups in total. The molecular formula is C13H12ClN3OS. The zero-order chi connectivity index (χ0) is 13.4. The Kier molecular flexibility index (Phi) is 3.16. The molecule has 0 atom stereocenters. The van der Waals surface area contributed by atoms with Crippen LogP contribution in [0.5, 0.6) is 0 Å². The fourth-order valence-electron chi connectivity index (χ4n) is 1.75. The van der Waals surface area contributed by atoms with E-state index in [4.69, 9.17) is 17.3 Å². The second-order valence-corrected chi connectivity index (χ2v) is 5.97. The van der Waals surface area contributed by atoms with Gasteiger partial charge in [0.15, 0.2) is 5.13 Å². The molecule has 6 heteroatoms. The van der Waals surface area contributed by atoms with Crippen molar-refractivity contribution in [3.05, 3.63) is 29.3 Å². The van der Waals surface area contributed by atoms with Crippen molar-refractivity contribution in [2.24, 2.45) is 5.92 Å². The van der Waals surface area contributed by atoms with Gasteiger partial charge in [-0.2, -0.15) is 0 Å². The summed E-state index contributed by atoms with van der Waals surface area (Å²) in [7, 11) is 0. The van der Waals surface area contributed by atoms with E-state index < -0.39 is 0 Å². The molecular weight excluding hydrogens is 282 g/mol. The van der Waals surface area contributed by atoms with Gasteiger partial charge < -0.3 is 11.1 Å². The molecule has 1 aromatic carbocycles. The van der Waals surface area contributed by atoms with E-state index in [2.05, 4.69) is 10.3 Å². The van der Waals surface area contributed by atoms with E-state index in [9.17, 15) is 4.79 Å². The molecule has 0 saturated heterocycles. The Morgan fingerprint density at radius 2 is 2.05 bits per heavy atom. The summed E-state index contributed by atoms with van der Waals surface area (Å²) >= 11 is 7.14. The Hall–Kier alpha value is -1.59. The number of nitrogens with two attached hydrogens (primary N) is 1. The summed E-state index contributed by atoms with van der Waals surface area (Å²) in [6, 6.07) is 7.30. The summed E-state index contributed by atoms with van der Waals surface area (Å²) in [6.07, 6.45) is 1.94. The van der Waals surface area contributed by atoms with E-state index in [0.29, 0.717) is 20.8 Å². The highest BCUT2D eigenvalue weighted by Gasteiger charge is 2.30. The monoisotopic (exact) mass is 293 g/mol. The number of hydrogen-bond donors (Lipinski definition) is 2. The van der Waals surface area contributed by atoms with Gasteiger partial charge in [-0.1, -0.05) is 35.1 Å². The lowest BCUT2D eigenvalue weighted by atomic mass is 10.2. The van der Waals surface area contributed by atoms with Crippen molar-refractivity contribution in [3.8, 4) is 11.3 Å². The van der Waals surface area contributed by atoms with Crippen molar-refractivity contribution in [1.29, 1.82) is 0 Å². The fourth-order valence-corrected chi connectivity index (χ4v) is 2.64. The molecule has 1 saturated carbocycles. The van der Waals surface area contributed by atoms with Crippen LogP contribution in [0.25, 0.3) is 11.3 Å². The first-order valence-electron chi connectivity index (χ1n) is 5.96. The Morgan fingerprint density at radius 1 is 1.37 bits per heavy atom. The van der Waals surface area contributed by atoms with Gasteiger partial charge in [0.1, 0.15) is 10.7 Å². The third-order valence-electron chi connectivity index (χ3n) is 2.95. The summed E-state index contributed by atoms with van der Waals surface area (Å²) in [5, 5.41) is 4.62. The zero-order valence-corrected chi connectivity index (χ0v) is 11.6. The molecule has 1 heterocycles. The van der Waals surface area contributed by atoms with Gasteiger partial charge >= 0.3 is 0 Å². The Bertz CT molecular complexity index is 619.